The third-order valence-corrected chi connectivity index (χ3v) is 2.94. The molecule has 1 aromatic carbocycles. The molecule has 2 aromatic heterocycles. The van der Waals surface area contributed by atoms with Crippen molar-refractivity contribution in [3.05, 3.63) is 30.3 Å². The molecule has 0 bridgehead atoms. The first kappa shape index (κ1) is 11.7. The van der Waals surface area contributed by atoms with E-state index in [2.05, 4.69) is 15.1 Å². The molecule has 0 unspecified atom stereocenters. The standard InChI is InChI=1S/C13H15N5O/c1-19-7-6-18-11(8-12(14)17-18)13-15-9-4-2-3-5-10(9)16-13/h2-5,8H,6-7H2,1H3,(H2,14,17)(H,15,16). The lowest BCUT2D eigenvalue weighted by molar-refractivity contribution is 0.184. The van der Waals surface area contributed by atoms with E-state index in [0.29, 0.717) is 19.0 Å². The molecule has 98 valence electrons. The van der Waals surface area contributed by atoms with Gasteiger partial charge in [0.25, 0.3) is 0 Å². The van der Waals surface area contributed by atoms with Crippen molar-refractivity contribution in [2.45, 2.75) is 6.54 Å². The highest BCUT2D eigenvalue weighted by Crippen LogP contribution is 2.22. The Morgan fingerprint density at radius 3 is 3.00 bits per heavy atom. The van der Waals surface area contributed by atoms with Gasteiger partial charge < -0.3 is 15.5 Å². The van der Waals surface area contributed by atoms with Crippen LogP contribution < -0.4 is 5.73 Å². The topological polar surface area (TPSA) is 81.8 Å². The highest BCUT2D eigenvalue weighted by Gasteiger charge is 2.12. The molecule has 0 aliphatic heterocycles. The molecule has 0 radical (unpaired) electrons. The lowest BCUT2D eigenvalue weighted by atomic mass is 10.3. The van der Waals surface area contributed by atoms with Crippen molar-refractivity contribution in [1.82, 2.24) is 19.7 Å². The van der Waals surface area contributed by atoms with E-state index < -0.39 is 0 Å². The van der Waals surface area contributed by atoms with Gasteiger partial charge in [-0.2, -0.15) is 5.10 Å². The molecule has 6 heteroatoms. The van der Waals surface area contributed by atoms with Gasteiger partial charge in [0, 0.05) is 13.2 Å². The number of methoxy groups -OCH3 is 1. The fourth-order valence-electron chi connectivity index (χ4n) is 2.05. The van der Waals surface area contributed by atoms with Crippen molar-refractivity contribution >= 4 is 16.9 Å². The van der Waals surface area contributed by atoms with Gasteiger partial charge >= 0.3 is 0 Å². The maximum atomic E-state index is 5.77. The van der Waals surface area contributed by atoms with Gasteiger partial charge in [-0.1, -0.05) is 12.1 Å². The van der Waals surface area contributed by atoms with E-state index in [1.54, 1.807) is 11.8 Å². The first-order chi connectivity index (χ1) is 9.28. The van der Waals surface area contributed by atoms with Crippen LogP contribution in [0.3, 0.4) is 0 Å². The van der Waals surface area contributed by atoms with Crippen molar-refractivity contribution in [3.63, 3.8) is 0 Å². The molecule has 6 nitrogen and oxygen atoms in total. The molecule has 2 heterocycles. The molecule has 3 rings (SSSR count). The van der Waals surface area contributed by atoms with Crippen LogP contribution in [0.4, 0.5) is 5.82 Å². The number of para-hydroxylation sites is 2. The normalized spacial score (nSPS) is 11.2. The predicted octanol–water partition coefficient (Wildman–Crippen LogP) is 1.65. The van der Waals surface area contributed by atoms with Gasteiger partial charge in [-0.3, -0.25) is 4.68 Å². The van der Waals surface area contributed by atoms with E-state index in [1.165, 1.54) is 0 Å². The Bertz CT molecular complexity index is 667. The lowest BCUT2D eigenvalue weighted by Gasteiger charge is -2.03. The average Bonchev–Trinajstić information content (AvgIpc) is 2.99. The van der Waals surface area contributed by atoms with Gasteiger partial charge in [0.15, 0.2) is 5.82 Å². The molecular formula is C13H15N5O. The summed E-state index contributed by atoms with van der Waals surface area (Å²) < 4.78 is 6.87. The molecule has 0 aliphatic carbocycles. The summed E-state index contributed by atoms with van der Waals surface area (Å²) in [6.07, 6.45) is 0. The van der Waals surface area contributed by atoms with Gasteiger partial charge in [-0.15, -0.1) is 0 Å². The summed E-state index contributed by atoms with van der Waals surface area (Å²) in [5, 5.41) is 4.25. The molecule has 0 amide bonds. The zero-order valence-corrected chi connectivity index (χ0v) is 10.6. The zero-order chi connectivity index (χ0) is 13.2. The van der Waals surface area contributed by atoms with Crippen LogP contribution in [0.2, 0.25) is 0 Å². The van der Waals surface area contributed by atoms with Crippen LogP contribution in [0.25, 0.3) is 22.6 Å². The highest BCUT2D eigenvalue weighted by atomic mass is 16.5. The largest absolute Gasteiger partial charge is 0.383 e. The van der Waals surface area contributed by atoms with E-state index in [9.17, 15) is 0 Å². The highest BCUT2D eigenvalue weighted by molar-refractivity contribution is 5.78. The predicted molar refractivity (Wildman–Crippen MR) is 73.6 cm³/mol. The number of hydrogen-bond donors (Lipinski definition) is 2. The summed E-state index contributed by atoms with van der Waals surface area (Å²) in [6.45, 7) is 1.22. The van der Waals surface area contributed by atoms with Gasteiger partial charge in [-0.25, -0.2) is 4.98 Å². The molecule has 0 atom stereocenters. The van der Waals surface area contributed by atoms with E-state index in [4.69, 9.17) is 10.5 Å². The second-order valence-electron chi connectivity index (χ2n) is 4.27. The Balaban J connectivity index is 2.05. The molecule has 0 saturated carbocycles. The molecule has 0 aliphatic rings. The van der Waals surface area contributed by atoms with Crippen LogP contribution in [0.1, 0.15) is 0 Å². The number of aromatic nitrogens is 4. The number of nitrogen functional groups attached to an aromatic ring is 1. The number of H-pyrrole nitrogens is 1. The van der Waals surface area contributed by atoms with Gasteiger partial charge in [0.05, 0.1) is 24.2 Å². The number of aromatic amines is 1. The summed E-state index contributed by atoms with van der Waals surface area (Å²) in [5.41, 5.74) is 8.56. The van der Waals surface area contributed by atoms with Crippen molar-refractivity contribution in [2.75, 3.05) is 19.5 Å². The maximum absolute atomic E-state index is 5.77. The minimum Gasteiger partial charge on any atom is -0.383 e. The van der Waals surface area contributed by atoms with Crippen molar-refractivity contribution in [3.8, 4) is 11.5 Å². The third kappa shape index (κ3) is 2.17. The second kappa shape index (κ2) is 4.74. The van der Waals surface area contributed by atoms with Crippen LogP contribution in [-0.2, 0) is 11.3 Å². The Morgan fingerprint density at radius 2 is 2.21 bits per heavy atom. The van der Waals surface area contributed by atoms with E-state index in [0.717, 1.165) is 22.6 Å². The number of fused-ring (bicyclic) bond motifs is 1. The maximum Gasteiger partial charge on any atom is 0.156 e. The van der Waals surface area contributed by atoms with Gasteiger partial charge in [0.2, 0.25) is 0 Å². The number of rotatable bonds is 4. The van der Waals surface area contributed by atoms with Crippen molar-refractivity contribution in [1.29, 1.82) is 0 Å². The molecule has 0 saturated heterocycles. The lowest BCUT2D eigenvalue weighted by Crippen LogP contribution is -2.08. The Hall–Kier alpha value is -2.34. The minimum atomic E-state index is 0.478. The van der Waals surface area contributed by atoms with Gasteiger partial charge in [-0.05, 0) is 12.1 Å². The minimum absolute atomic E-state index is 0.478. The SMILES string of the molecule is COCCn1nc(N)cc1-c1nc2ccccc2[nH]1. The molecule has 0 spiro atoms. The zero-order valence-electron chi connectivity index (χ0n) is 10.6. The smallest absolute Gasteiger partial charge is 0.156 e. The number of benzene rings is 1. The number of hydrogen-bond acceptors (Lipinski definition) is 4. The first-order valence-electron chi connectivity index (χ1n) is 6.05. The monoisotopic (exact) mass is 257 g/mol. The van der Waals surface area contributed by atoms with Crippen LogP contribution >= 0.6 is 0 Å². The summed E-state index contributed by atoms with van der Waals surface area (Å²) in [4.78, 5) is 7.83. The molecule has 3 N–H and O–H groups in total. The third-order valence-electron chi connectivity index (χ3n) is 2.94. The number of nitrogens with zero attached hydrogens (tertiary/aromatic N) is 3. The first-order valence-corrected chi connectivity index (χ1v) is 6.05. The van der Waals surface area contributed by atoms with Crippen molar-refractivity contribution < 1.29 is 4.74 Å². The second-order valence-corrected chi connectivity index (χ2v) is 4.27. The average molecular weight is 257 g/mol. The molecule has 3 aromatic rings. The number of nitrogens with one attached hydrogen (secondary N) is 1. The van der Waals surface area contributed by atoms with E-state index >= 15 is 0 Å². The number of anilines is 1. The molecule has 19 heavy (non-hydrogen) atoms. The van der Waals surface area contributed by atoms with Crippen molar-refractivity contribution in [2.24, 2.45) is 0 Å². The Labute approximate surface area is 110 Å². The van der Waals surface area contributed by atoms with E-state index in [1.807, 2.05) is 30.3 Å². The Kier molecular flexibility index (Phi) is 2.92. The summed E-state index contributed by atoms with van der Waals surface area (Å²) >= 11 is 0. The summed E-state index contributed by atoms with van der Waals surface area (Å²) in [6, 6.07) is 9.71. The van der Waals surface area contributed by atoms with Crippen LogP contribution in [-0.4, -0.2) is 33.5 Å². The molecule has 0 fully saturated rings. The number of nitrogens with two attached hydrogens (primary N) is 1. The molecular weight excluding hydrogens is 242 g/mol. The van der Waals surface area contributed by atoms with E-state index in [-0.39, 0.29) is 0 Å². The van der Waals surface area contributed by atoms with Crippen LogP contribution in [0.5, 0.6) is 0 Å². The van der Waals surface area contributed by atoms with Gasteiger partial charge in [0.1, 0.15) is 11.5 Å². The Morgan fingerprint density at radius 1 is 1.37 bits per heavy atom. The summed E-state index contributed by atoms with van der Waals surface area (Å²) in [5.74, 6) is 1.24. The fourth-order valence-corrected chi connectivity index (χ4v) is 2.05. The summed E-state index contributed by atoms with van der Waals surface area (Å²) in [7, 11) is 1.66. The fraction of sp³-hybridized carbons (Fsp3) is 0.231. The quantitative estimate of drug-likeness (QED) is 0.744. The number of imidazole rings is 1. The van der Waals surface area contributed by atoms with Crippen LogP contribution in [0, 0.1) is 0 Å². The van der Waals surface area contributed by atoms with Crippen LogP contribution in [0.15, 0.2) is 30.3 Å². The number of ether oxygens (including phenoxy) is 1.